The summed E-state index contributed by atoms with van der Waals surface area (Å²) in [5.41, 5.74) is 4.12. The van der Waals surface area contributed by atoms with E-state index in [0.29, 0.717) is 5.76 Å². The van der Waals surface area contributed by atoms with E-state index in [0.717, 1.165) is 27.7 Å². The standard InChI is InChI=1S/C17H13N3O2/c21-17-10-22-16(9-19-17)12-1-2-14-13(7-12)8-15(20-14)11-3-5-18-6-4-11/h1-9,20H,10H2,(H,19,21). The van der Waals surface area contributed by atoms with Crippen molar-refractivity contribution in [3.8, 4) is 11.3 Å². The van der Waals surface area contributed by atoms with Crippen molar-refractivity contribution in [1.82, 2.24) is 15.3 Å². The third kappa shape index (κ3) is 2.22. The van der Waals surface area contributed by atoms with Crippen molar-refractivity contribution < 1.29 is 9.53 Å². The van der Waals surface area contributed by atoms with E-state index in [9.17, 15) is 4.79 Å². The Morgan fingerprint density at radius 2 is 1.91 bits per heavy atom. The highest BCUT2D eigenvalue weighted by atomic mass is 16.5. The first kappa shape index (κ1) is 12.6. The summed E-state index contributed by atoms with van der Waals surface area (Å²) < 4.78 is 5.45. The van der Waals surface area contributed by atoms with Gasteiger partial charge in [0, 0.05) is 46.3 Å². The van der Waals surface area contributed by atoms with Gasteiger partial charge < -0.3 is 15.0 Å². The summed E-state index contributed by atoms with van der Waals surface area (Å²) in [5, 5.41) is 3.76. The van der Waals surface area contributed by atoms with Gasteiger partial charge >= 0.3 is 0 Å². The minimum atomic E-state index is -0.133. The lowest BCUT2D eigenvalue weighted by atomic mass is 10.1. The largest absolute Gasteiger partial charge is 0.482 e. The summed E-state index contributed by atoms with van der Waals surface area (Å²) in [6.45, 7) is 0.0548. The Morgan fingerprint density at radius 1 is 1.05 bits per heavy atom. The Bertz CT molecular complexity index is 881. The average Bonchev–Trinajstić information content (AvgIpc) is 2.99. The van der Waals surface area contributed by atoms with Crippen LogP contribution in [-0.4, -0.2) is 22.5 Å². The number of hydrogen-bond acceptors (Lipinski definition) is 3. The van der Waals surface area contributed by atoms with Crippen LogP contribution in [0.2, 0.25) is 0 Å². The molecular weight excluding hydrogens is 278 g/mol. The first-order valence-corrected chi connectivity index (χ1v) is 6.95. The van der Waals surface area contributed by atoms with Crippen molar-refractivity contribution in [2.75, 3.05) is 6.61 Å². The predicted molar refractivity (Wildman–Crippen MR) is 83.6 cm³/mol. The molecule has 3 heterocycles. The first-order chi connectivity index (χ1) is 10.8. The second-order valence-electron chi connectivity index (χ2n) is 5.09. The highest BCUT2D eigenvalue weighted by molar-refractivity contribution is 5.89. The topological polar surface area (TPSA) is 67.0 Å². The molecule has 22 heavy (non-hydrogen) atoms. The maximum absolute atomic E-state index is 11.1. The number of fused-ring (bicyclic) bond motifs is 1. The first-order valence-electron chi connectivity index (χ1n) is 6.95. The Balaban J connectivity index is 1.74. The van der Waals surface area contributed by atoms with Gasteiger partial charge in [-0.2, -0.15) is 0 Å². The second-order valence-corrected chi connectivity index (χ2v) is 5.09. The van der Waals surface area contributed by atoms with Crippen LogP contribution in [0.4, 0.5) is 0 Å². The van der Waals surface area contributed by atoms with Crippen LogP contribution < -0.4 is 5.32 Å². The molecule has 3 aromatic rings. The van der Waals surface area contributed by atoms with E-state index in [1.807, 2.05) is 30.3 Å². The van der Waals surface area contributed by atoms with E-state index in [2.05, 4.69) is 21.4 Å². The number of nitrogens with zero attached hydrogens (tertiary/aromatic N) is 1. The lowest BCUT2D eigenvalue weighted by Gasteiger charge is -2.15. The molecule has 4 rings (SSSR count). The number of H-pyrrole nitrogens is 1. The van der Waals surface area contributed by atoms with Gasteiger partial charge in [-0.15, -0.1) is 0 Å². The molecule has 0 saturated heterocycles. The molecule has 0 fully saturated rings. The minimum Gasteiger partial charge on any atom is -0.482 e. The number of benzene rings is 1. The number of nitrogens with one attached hydrogen (secondary N) is 2. The number of amides is 1. The van der Waals surface area contributed by atoms with Crippen LogP contribution in [0.15, 0.2) is 55.0 Å². The minimum absolute atomic E-state index is 0.0548. The smallest absolute Gasteiger partial charge is 0.261 e. The molecule has 1 aromatic carbocycles. The molecule has 0 atom stereocenters. The number of carbonyl (C=O) groups is 1. The van der Waals surface area contributed by atoms with Crippen LogP contribution in [-0.2, 0) is 9.53 Å². The van der Waals surface area contributed by atoms with E-state index in [4.69, 9.17) is 4.74 Å². The predicted octanol–water partition coefficient (Wildman–Crippen LogP) is 2.67. The monoisotopic (exact) mass is 291 g/mol. The van der Waals surface area contributed by atoms with E-state index in [1.54, 1.807) is 18.6 Å². The number of aromatic amines is 1. The van der Waals surface area contributed by atoms with Gasteiger partial charge in [-0.1, -0.05) is 0 Å². The number of ether oxygens (including phenoxy) is 1. The molecule has 0 spiro atoms. The molecule has 1 aliphatic heterocycles. The van der Waals surface area contributed by atoms with Gasteiger partial charge in [-0.25, -0.2) is 0 Å². The molecule has 0 radical (unpaired) electrons. The zero-order valence-corrected chi connectivity index (χ0v) is 11.7. The number of aromatic nitrogens is 2. The summed E-state index contributed by atoms with van der Waals surface area (Å²) in [5.74, 6) is 0.541. The van der Waals surface area contributed by atoms with E-state index in [1.165, 1.54) is 0 Å². The summed E-state index contributed by atoms with van der Waals surface area (Å²) >= 11 is 0. The van der Waals surface area contributed by atoms with Crippen LogP contribution in [0, 0.1) is 0 Å². The molecule has 0 aliphatic carbocycles. The Hall–Kier alpha value is -3.08. The van der Waals surface area contributed by atoms with Crippen molar-refractivity contribution in [3.63, 3.8) is 0 Å². The van der Waals surface area contributed by atoms with E-state index in [-0.39, 0.29) is 12.5 Å². The lowest BCUT2D eigenvalue weighted by Crippen LogP contribution is -2.27. The Morgan fingerprint density at radius 3 is 2.68 bits per heavy atom. The number of hydrogen-bond donors (Lipinski definition) is 2. The van der Waals surface area contributed by atoms with Crippen LogP contribution >= 0.6 is 0 Å². The van der Waals surface area contributed by atoms with Gasteiger partial charge in [0.15, 0.2) is 6.61 Å². The maximum atomic E-state index is 11.1. The zero-order valence-electron chi connectivity index (χ0n) is 11.7. The summed E-state index contributed by atoms with van der Waals surface area (Å²) in [4.78, 5) is 18.5. The highest BCUT2D eigenvalue weighted by Crippen LogP contribution is 2.27. The SMILES string of the molecule is O=C1COC(c2ccc3[nH]c(-c4ccncc4)cc3c2)=CN1. The van der Waals surface area contributed by atoms with Gasteiger partial charge in [0.05, 0.1) is 0 Å². The normalized spacial score (nSPS) is 14.4. The molecule has 5 heteroatoms. The van der Waals surface area contributed by atoms with Gasteiger partial charge in [0.25, 0.3) is 5.91 Å². The summed E-state index contributed by atoms with van der Waals surface area (Å²) in [6.07, 6.45) is 5.15. The van der Waals surface area contributed by atoms with Crippen molar-refractivity contribution in [2.24, 2.45) is 0 Å². The van der Waals surface area contributed by atoms with Crippen molar-refractivity contribution in [1.29, 1.82) is 0 Å². The molecule has 2 N–H and O–H groups in total. The van der Waals surface area contributed by atoms with Crippen LogP contribution in [0.5, 0.6) is 0 Å². The summed E-state index contributed by atoms with van der Waals surface area (Å²) in [7, 11) is 0. The molecule has 0 bridgehead atoms. The van der Waals surface area contributed by atoms with Gasteiger partial charge in [-0.05, 0) is 36.4 Å². The van der Waals surface area contributed by atoms with Crippen molar-refractivity contribution >= 4 is 22.6 Å². The van der Waals surface area contributed by atoms with Crippen molar-refractivity contribution in [2.45, 2.75) is 0 Å². The second kappa shape index (κ2) is 5.04. The molecule has 2 aromatic heterocycles. The lowest BCUT2D eigenvalue weighted by molar-refractivity contribution is -0.123. The fraction of sp³-hybridized carbons (Fsp3) is 0.0588. The van der Waals surface area contributed by atoms with E-state index >= 15 is 0 Å². The summed E-state index contributed by atoms with van der Waals surface area (Å²) in [6, 6.07) is 12.0. The zero-order chi connectivity index (χ0) is 14.9. The molecular formula is C17H13N3O2. The number of carbonyl (C=O) groups excluding carboxylic acids is 1. The molecule has 108 valence electrons. The van der Waals surface area contributed by atoms with Crippen LogP contribution in [0.25, 0.3) is 27.9 Å². The maximum Gasteiger partial charge on any atom is 0.261 e. The van der Waals surface area contributed by atoms with Gasteiger partial charge in [-0.3, -0.25) is 9.78 Å². The Labute approximate surface area is 126 Å². The van der Waals surface area contributed by atoms with E-state index < -0.39 is 0 Å². The van der Waals surface area contributed by atoms with Crippen molar-refractivity contribution in [3.05, 3.63) is 60.6 Å². The molecule has 1 aliphatic rings. The average molecular weight is 291 g/mol. The fourth-order valence-electron chi connectivity index (χ4n) is 2.51. The molecule has 0 saturated carbocycles. The Kier molecular flexibility index (Phi) is 2.89. The number of rotatable bonds is 2. The number of pyridine rings is 1. The highest BCUT2D eigenvalue weighted by Gasteiger charge is 2.13. The molecule has 1 amide bonds. The molecule has 0 unspecified atom stereocenters. The van der Waals surface area contributed by atoms with Gasteiger partial charge in [0.1, 0.15) is 5.76 Å². The third-order valence-electron chi connectivity index (χ3n) is 3.62. The van der Waals surface area contributed by atoms with Crippen LogP contribution in [0.1, 0.15) is 5.56 Å². The van der Waals surface area contributed by atoms with Gasteiger partial charge in [0.2, 0.25) is 0 Å². The third-order valence-corrected chi connectivity index (χ3v) is 3.62. The fourth-order valence-corrected chi connectivity index (χ4v) is 2.51. The van der Waals surface area contributed by atoms with Crippen LogP contribution in [0.3, 0.4) is 0 Å². The molecule has 5 nitrogen and oxygen atoms in total. The quantitative estimate of drug-likeness (QED) is 0.763.